The maximum Gasteiger partial charge on any atom is 0.286 e. The monoisotopic (exact) mass is 463 g/mol. The van der Waals surface area contributed by atoms with Crippen molar-refractivity contribution in [3.63, 3.8) is 0 Å². The van der Waals surface area contributed by atoms with Gasteiger partial charge in [0.25, 0.3) is 11.6 Å². The minimum absolute atomic E-state index is 0.0355. The molecule has 0 saturated heterocycles. The number of aryl methyl sites for hydroxylation is 1. The van der Waals surface area contributed by atoms with Gasteiger partial charge in [-0.25, -0.2) is 0 Å². The summed E-state index contributed by atoms with van der Waals surface area (Å²) in [7, 11) is 0. The van der Waals surface area contributed by atoms with Crippen LogP contribution in [0.15, 0.2) is 47.5 Å². The summed E-state index contributed by atoms with van der Waals surface area (Å²) < 4.78 is 1.93. The van der Waals surface area contributed by atoms with E-state index in [0.717, 1.165) is 29.0 Å². The maximum absolute atomic E-state index is 12.8. The first kappa shape index (κ1) is 22.2. The highest BCUT2D eigenvalue weighted by Crippen LogP contribution is 2.32. The summed E-state index contributed by atoms with van der Waals surface area (Å²) in [6.45, 7) is 4.60. The Balaban J connectivity index is 2.20. The van der Waals surface area contributed by atoms with Gasteiger partial charge in [-0.2, -0.15) is 4.99 Å². The van der Waals surface area contributed by atoms with Crippen LogP contribution < -0.4 is 4.80 Å². The average molecular weight is 464 g/mol. The molecule has 0 aliphatic heterocycles. The van der Waals surface area contributed by atoms with Crippen LogP contribution in [0.5, 0.6) is 0 Å². The van der Waals surface area contributed by atoms with Gasteiger partial charge in [0.15, 0.2) is 4.80 Å². The third-order valence-electron chi connectivity index (χ3n) is 4.49. The van der Waals surface area contributed by atoms with E-state index in [1.54, 1.807) is 18.2 Å². The number of nitrogens with zero attached hydrogens (tertiary/aromatic N) is 3. The minimum Gasteiger partial charge on any atom is -0.316 e. The molecule has 0 aliphatic carbocycles. The summed E-state index contributed by atoms with van der Waals surface area (Å²) in [6, 6.07) is 11.2. The van der Waals surface area contributed by atoms with E-state index in [9.17, 15) is 14.9 Å². The Morgan fingerprint density at radius 2 is 1.90 bits per heavy atom. The number of hydrogen-bond donors (Lipinski definition) is 0. The van der Waals surface area contributed by atoms with E-state index in [0.29, 0.717) is 21.4 Å². The van der Waals surface area contributed by atoms with E-state index in [1.807, 2.05) is 17.6 Å². The summed E-state index contributed by atoms with van der Waals surface area (Å²) in [5.41, 5.74) is 1.51. The molecule has 0 fully saturated rings. The third-order valence-corrected chi connectivity index (χ3v) is 6.37. The van der Waals surface area contributed by atoms with Crippen molar-refractivity contribution in [3.8, 4) is 11.3 Å². The van der Waals surface area contributed by atoms with E-state index in [4.69, 9.17) is 23.2 Å². The van der Waals surface area contributed by atoms with Gasteiger partial charge in [0.1, 0.15) is 5.56 Å². The quantitative estimate of drug-likeness (QED) is 0.325. The van der Waals surface area contributed by atoms with E-state index >= 15 is 0 Å². The average Bonchev–Trinajstić information content (AvgIpc) is 3.07. The topological polar surface area (TPSA) is 77.5 Å². The molecule has 0 atom stereocenters. The summed E-state index contributed by atoms with van der Waals surface area (Å²) in [6.07, 6.45) is 1.71. The number of carbonyl (C=O) groups is 1. The minimum atomic E-state index is -0.644. The lowest BCUT2D eigenvalue weighted by Gasteiger charge is -2.10. The van der Waals surface area contributed by atoms with E-state index < -0.39 is 10.8 Å². The third kappa shape index (κ3) is 4.48. The molecule has 0 spiro atoms. The number of halogens is 2. The summed E-state index contributed by atoms with van der Waals surface area (Å²) in [5.74, 6) is -0.644. The Labute approximate surface area is 187 Å². The molecule has 0 radical (unpaired) electrons. The molecule has 156 valence electrons. The first-order valence-electron chi connectivity index (χ1n) is 9.37. The largest absolute Gasteiger partial charge is 0.316 e. The fourth-order valence-corrected chi connectivity index (χ4v) is 4.76. The number of aromatic nitrogens is 1. The van der Waals surface area contributed by atoms with Crippen LogP contribution in [0.2, 0.25) is 10.0 Å². The molecular formula is C21H19Cl2N3O3S. The van der Waals surface area contributed by atoms with Gasteiger partial charge in [0, 0.05) is 23.1 Å². The Kier molecular flexibility index (Phi) is 7.07. The normalized spacial score (nSPS) is 11.7. The fraction of sp³-hybridized carbons (Fsp3) is 0.238. The van der Waals surface area contributed by atoms with Crippen LogP contribution in [-0.4, -0.2) is 15.4 Å². The smallest absolute Gasteiger partial charge is 0.286 e. The molecule has 1 amide bonds. The van der Waals surface area contributed by atoms with Gasteiger partial charge in [-0.3, -0.25) is 14.9 Å². The molecule has 9 heteroatoms. The van der Waals surface area contributed by atoms with Crippen molar-refractivity contribution < 1.29 is 9.72 Å². The molecule has 3 rings (SSSR count). The summed E-state index contributed by atoms with van der Waals surface area (Å²) >= 11 is 13.7. The number of amides is 1. The van der Waals surface area contributed by atoms with Crippen LogP contribution in [0.3, 0.4) is 0 Å². The predicted octanol–water partition coefficient (Wildman–Crippen LogP) is 6.15. The molecule has 6 nitrogen and oxygen atoms in total. The number of carbonyl (C=O) groups excluding carboxylic acids is 1. The molecule has 1 heterocycles. The van der Waals surface area contributed by atoms with E-state index in [-0.39, 0.29) is 11.3 Å². The van der Waals surface area contributed by atoms with Crippen LogP contribution in [0, 0.1) is 10.1 Å². The molecule has 1 aromatic heterocycles. The van der Waals surface area contributed by atoms with Crippen molar-refractivity contribution in [3.05, 3.63) is 77.9 Å². The fourth-order valence-electron chi connectivity index (χ4n) is 3.15. The lowest BCUT2D eigenvalue weighted by Crippen LogP contribution is -2.17. The second-order valence-corrected chi connectivity index (χ2v) is 8.35. The van der Waals surface area contributed by atoms with Crippen molar-refractivity contribution in [1.29, 1.82) is 0 Å². The maximum atomic E-state index is 12.8. The highest BCUT2D eigenvalue weighted by atomic mass is 35.5. The van der Waals surface area contributed by atoms with E-state index in [2.05, 4.69) is 11.9 Å². The summed E-state index contributed by atoms with van der Waals surface area (Å²) in [4.78, 5) is 29.3. The number of hydrogen-bond acceptors (Lipinski definition) is 4. The Morgan fingerprint density at radius 3 is 2.53 bits per heavy atom. The molecule has 0 unspecified atom stereocenters. The van der Waals surface area contributed by atoms with Crippen molar-refractivity contribution >= 4 is 46.1 Å². The number of benzene rings is 2. The molecule has 30 heavy (non-hydrogen) atoms. The van der Waals surface area contributed by atoms with Crippen LogP contribution in [0.25, 0.3) is 11.3 Å². The lowest BCUT2D eigenvalue weighted by atomic mass is 10.1. The predicted molar refractivity (Wildman–Crippen MR) is 120 cm³/mol. The van der Waals surface area contributed by atoms with Crippen molar-refractivity contribution in [2.45, 2.75) is 33.2 Å². The number of thiazole rings is 1. The van der Waals surface area contributed by atoms with Crippen LogP contribution in [0.4, 0.5) is 5.69 Å². The zero-order valence-corrected chi connectivity index (χ0v) is 18.7. The van der Waals surface area contributed by atoms with Crippen LogP contribution >= 0.6 is 34.5 Å². The van der Waals surface area contributed by atoms with Gasteiger partial charge in [0.05, 0.1) is 20.7 Å². The van der Waals surface area contributed by atoms with Gasteiger partial charge >= 0.3 is 0 Å². The second-order valence-electron chi connectivity index (χ2n) is 6.47. The van der Waals surface area contributed by atoms with Crippen molar-refractivity contribution in [2.75, 3.05) is 0 Å². The first-order valence-corrected chi connectivity index (χ1v) is 10.9. The zero-order valence-electron chi connectivity index (χ0n) is 16.4. The van der Waals surface area contributed by atoms with E-state index in [1.165, 1.54) is 29.5 Å². The van der Waals surface area contributed by atoms with Gasteiger partial charge in [-0.15, -0.1) is 11.3 Å². The standard InChI is InChI=1S/C21H19Cl2N3O3S/c1-3-7-18-19(13-10-11-15(22)16(23)12-13)25(4-2)21(30-18)24-20(27)14-8-5-6-9-17(14)26(28)29/h5-6,8-12H,3-4,7H2,1-2H3. The molecule has 2 aromatic carbocycles. The molecule has 3 aromatic rings. The highest BCUT2D eigenvalue weighted by molar-refractivity contribution is 7.09. The molecule has 0 N–H and O–H groups in total. The molecule has 0 saturated carbocycles. The SMILES string of the molecule is CCCc1sc(=NC(=O)c2ccccc2[N+](=O)[O-])n(CC)c1-c1ccc(Cl)c(Cl)c1. The van der Waals surface area contributed by atoms with Gasteiger partial charge in [0.2, 0.25) is 0 Å². The molecule has 0 bridgehead atoms. The number of rotatable bonds is 6. The van der Waals surface area contributed by atoms with Gasteiger partial charge < -0.3 is 4.57 Å². The number of nitro benzene ring substituents is 1. The zero-order chi connectivity index (χ0) is 21.8. The molecular weight excluding hydrogens is 445 g/mol. The van der Waals surface area contributed by atoms with Crippen LogP contribution in [-0.2, 0) is 13.0 Å². The van der Waals surface area contributed by atoms with Gasteiger partial charge in [-0.05, 0) is 31.5 Å². The second kappa shape index (κ2) is 9.55. The lowest BCUT2D eigenvalue weighted by molar-refractivity contribution is -0.385. The molecule has 0 aliphatic rings. The van der Waals surface area contributed by atoms with Crippen molar-refractivity contribution in [1.82, 2.24) is 4.57 Å². The first-order chi connectivity index (χ1) is 14.4. The summed E-state index contributed by atoms with van der Waals surface area (Å²) in [5, 5.41) is 12.2. The van der Waals surface area contributed by atoms with Gasteiger partial charge in [-0.1, -0.05) is 54.7 Å². The number of para-hydroxylation sites is 1. The highest BCUT2D eigenvalue weighted by Gasteiger charge is 2.20. The van der Waals surface area contributed by atoms with Crippen LogP contribution in [0.1, 0.15) is 35.5 Å². The Morgan fingerprint density at radius 1 is 1.17 bits per heavy atom. The number of nitro groups is 1. The Hall–Kier alpha value is -2.48. The Bertz CT molecular complexity index is 1180. The van der Waals surface area contributed by atoms with Crippen molar-refractivity contribution in [2.24, 2.45) is 4.99 Å².